The molecule has 0 aliphatic heterocycles. The molecule has 3 N–H and O–H groups in total. The normalized spacial score (nSPS) is 7.17. The summed E-state index contributed by atoms with van der Waals surface area (Å²) in [6, 6.07) is 8.30. The molecule has 1 aromatic rings. The number of hydrogen-bond donors (Lipinski definition) is 3. The van der Waals surface area contributed by atoms with Gasteiger partial charge in [-0.3, -0.25) is 10.5 Å². The van der Waals surface area contributed by atoms with E-state index in [0.717, 1.165) is 0 Å². The first kappa shape index (κ1) is 14.2. The molecule has 0 atom stereocenters. The molecule has 4 nitrogen and oxygen atoms in total. The van der Waals surface area contributed by atoms with Crippen molar-refractivity contribution >= 4 is 5.97 Å². The number of benzene rings is 1. The predicted molar refractivity (Wildman–Crippen MR) is 39.8 cm³/mol. The van der Waals surface area contributed by atoms with Crippen LogP contribution in [-0.4, -0.2) is 21.6 Å². The summed E-state index contributed by atoms with van der Waals surface area (Å²) in [5, 5.41) is 20.4. The molecular formula is C7H9NaO4. The summed E-state index contributed by atoms with van der Waals surface area (Å²) in [6.45, 7) is 0. The molecule has 62 valence electrons. The van der Waals surface area contributed by atoms with E-state index in [1.807, 2.05) is 0 Å². The van der Waals surface area contributed by atoms with E-state index in [0.29, 0.717) is 5.56 Å². The molecule has 0 spiro atoms. The van der Waals surface area contributed by atoms with Crippen molar-refractivity contribution in [2.24, 2.45) is 0 Å². The van der Waals surface area contributed by atoms with Crippen LogP contribution >= 0.6 is 0 Å². The Bertz CT molecular complexity index is 217. The molecular weight excluding hydrogens is 171 g/mol. The third-order valence-electron chi connectivity index (χ3n) is 1.02. The van der Waals surface area contributed by atoms with Crippen LogP contribution < -0.4 is 29.6 Å². The van der Waals surface area contributed by atoms with E-state index in [9.17, 15) is 4.79 Å². The Hall–Kier alpha value is -0.390. The Morgan fingerprint density at radius 3 is 1.83 bits per heavy atom. The van der Waals surface area contributed by atoms with Gasteiger partial charge in [-0.2, -0.15) is 0 Å². The third-order valence-corrected chi connectivity index (χ3v) is 1.02. The van der Waals surface area contributed by atoms with Gasteiger partial charge in [-0.25, -0.2) is 4.79 Å². The monoisotopic (exact) mass is 180 g/mol. The quantitative estimate of drug-likeness (QED) is 0.280. The number of carboxylic acid groups (broad SMARTS) is 1. The van der Waals surface area contributed by atoms with Gasteiger partial charge in [0.1, 0.15) is 0 Å². The van der Waals surface area contributed by atoms with E-state index in [2.05, 4.69) is 0 Å². The SMILES string of the molecule is O=C(O)c1ccccc1.OO.[H-].[Na+]. The summed E-state index contributed by atoms with van der Waals surface area (Å²) < 4.78 is 0. The molecule has 0 radical (unpaired) electrons. The van der Waals surface area contributed by atoms with E-state index >= 15 is 0 Å². The van der Waals surface area contributed by atoms with Gasteiger partial charge in [-0.15, -0.1) is 0 Å². The van der Waals surface area contributed by atoms with Crippen LogP contribution in [0.5, 0.6) is 0 Å². The van der Waals surface area contributed by atoms with E-state index in [1.54, 1.807) is 30.3 Å². The molecule has 1 aromatic carbocycles. The largest absolute Gasteiger partial charge is 1.00 e. The molecule has 0 aliphatic carbocycles. The maximum atomic E-state index is 10.2. The van der Waals surface area contributed by atoms with Gasteiger partial charge in [0.05, 0.1) is 5.56 Å². The van der Waals surface area contributed by atoms with Crippen LogP contribution in [0.4, 0.5) is 0 Å². The topological polar surface area (TPSA) is 77.8 Å². The number of rotatable bonds is 1. The zero-order chi connectivity index (χ0) is 8.69. The van der Waals surface area contributed by atoms with Crippen LogP contribution in [0.25, 0.3) is 0 Å². The van der Waals surface area contributed by atoms with Crippen molar-refractivity contribution in [2.75, 3.05) is 0 Å². The minimum Gasteiger partial charge on any atom is -1.00 e. The van der Waals surface area contributed by atoms with Crippen molar-refractivity contribution < 1.29 is 51.4 Å². The molecule has 0 unspecified atom stereocenters. The van der Waals surface area contributed by atoms with Crippen molar-refractivity contribution in [3.8, 4) is 0 Å². The molecule has 0 heterocycles. The van der Waals surface area contributed by atoms with Crippen molar-refractivity contribution in [3.05, 3.63) is 35.9 Å². The fraction of sp³-hybridized carbons (Fsp3) is 0. The molecule has 0 bridgehead atoms. The first-order chi connectivity index (χ1) is 5.30. The fourth-order valence-corrected chi connectivity index (χ4v) is 0.581. The van der Waals surface area contributed by atoms with Gasteiger partial charge in [0.15, 0.2) is 0 Å². The van der Waals surface area contributed by atoms with Crippen molar-refractivity contribution in [2.45, 2.75) is 0 Å². The van der Waals surface area contributed by atoms with Crippen LogP contribution in [0.3, 0.4) is 0 Å². The predicted octanol–water partition coefficient (Wildman–Crippen LogP) is -1.48. The van der Waals surface area contributed by atoms with Gasteiger partial charge in [0, 0.05) is 0 Å². The average molecular weight is 180 g/mol. The first-order valence-corrected chi connectivity index (χ1v) is 2.79. The number of hydrogen-bond acceptors (Lipinski definition) is 3. The average Bonchev–Trinajstić information content (AvgIpc) is 2.10. The van der Waals surface area contributed by atoms with Gasteiger partial charge in [0.25, 0.3) is 0 Å². The first-order valence-electron chi connectivity index (χ1n) is 2.79. The summed E-state index contributed by atoms with van der Waals surface area (Å²) in [4.78, 5) is 10.2. The Balaban J connectivity index is -0.000000234. The van der Waals surface area contributed by atoms with Gasteiger partial charge >= 0.3 is 35.5 Å². The second kappa shape index (κ2) is 8.70. The second-order valence-corrected chi connectivity index (χ2v) is 1.67. The van der Waals surface area contributed by atoms with E-state index < -0.39 is 5.97 Å². The van der Waals surface area contributed by atoms with Crippen LogP contribution in [-0.2, 0) is 0 Å². The molecule has 0 amide bonds. The van der Waals surface area contributed by atoms with Crippen LogP contribution in [0.1, 0.15) is 11.8 Å². The Morgan fingerprint density at radius 1 is 1.17 bits per heavy atom. The molecule has 0 aromatic heterocycles. The molecule has 0 fully saturated rings. The standard InChI is InChI=1S/C7H6O2.Na.H2O2.H/c8-7(9)6-4-2-1-3-5-6;;1-2;/h1-5H,(H,8,9);;1-2H;/q;+1;;-1. The minimum atomic E-state index is -0.879. The molecule has 5 heteroatoms. The van der Waals surface area contributed by atoms with Gasteiger partial charge in [0.2, 0.25) is 0 Å². The molecule has 0 saturated carbocycles. The van der Waals surface area contributed by atoms with E-state index in [-0.39, 0.29) is 31.0 Å². The summed E-state index contributed by atoms with van der Waals surface area (Å²) in [6.07, 6.45) is 0. The zero-order valence-electron chi connectivity index (χ0n) is 7.64. The number of carboxylic acids is 1. The maximum Gasteiger partial charge on any atom is 1.00 e. The Morgan fingerprint density at radius 2 is 1.58 bits per heavy atom. The smallest absolute Gasteiger partial charge is 1.00 e. The van der Waals surface area contributed by atoms with Crippen LogP contribution in [0.15, 0.2) is 30.3 Å². The van der Waals surface area contributed by atoms with Crippen molar-refractivity contribution in [3.63, 3.8) is 0 Å². The van der Waals surface area contributed by atoms with Crippen molar-refractivity contribution in [1.29, 1.82) is 0 Å². The summed E-state index contributed by atoms with van der Waals surface area (Å²) in [5.41, 5.74) is 0.331. The van der Waals surface area contributed by atoms with Gasteiger partial charge in [-0.1, -0.05) is 18.2 Å². The van der Waals surface area contributed by atoms with Crippen molar-refractivity contribution in [1.82, 2.24) is 0 Å². The zero-order valence-corrected chi connectivity index (χ0v) is 8.64. The van der Waals surface area contributed by atoms with Gasteiger partial charge in [-0.05, 0) is 12.1 Å². The number of aromatic carboxylic acids is 1. The van der Waals surface area contributed by atoms with Gasteiger partial charge < -0.3 is 6.53 Å². The summed E-state index contributed by atoms with van der Waals surface area (Å²) in [5.74, 6) is -0.879. The summed E-state index contributed by atoms with van der Waals surface area (Å²) >= 11 is 0. The summed E-state index contributed by atoms with van der Waals surface area (Å²) in [7, 11) is 0. The minimum absolute atomic E-state index is 0. The molecule has 12 heavy (non-hydrogen) atoms. The third kappa shape index (κ3) is 5.29. The Kier molecular flexibility index (Phi) is 10.3. The van der Waals surface area contributed by atoms with E-state index in [4.69, 9.17) is 15.6 Å². The second-order valence-electron chi connectivity index (χ2n) is 1.67. The van der Waals surface area contributed by atoms with Crippen LogP contribution in [0, 0.1) is 0 Å². The van der Waals surface area contributed by atoms with Crippen LogP contribution in [0.2, 0.25) is 0 Å². The number of carbonyl (C=O) groups is 1. The Labute approximate surface area is 93.2 Å². The molecule has 0 aliphatic rings. The molecule has 1 rings (SSSR count). The maximum absolute atomic E-state index is 10.2. The fourth-order valence-electron chi connectivity index (χ4n) is 0.581. The van der Waals surface area contributed by atoms with E-state index in [1.165, 1.54) is 0 Å². The molecule has 0 saturated heterocycles.